The molecule has 1 heterocycles. The maximum Gasteiger partial charge on any atom is 0.309 e. The lowest BCUT2D eigenvalue weighted by Gasteiger charge is -2.06. The van der Waals surface area contributed by atoms with Crippen LogP contribution in [0.3, 0.4) is 0 Å². The third-order valence-electron chi connectivity index (χ3n) is 2.99. The van der Waals surface area contributed by atoms with Gasteiger partial charge in [0.2, 0.25) is 0 Å². The van der Waals surface area contributed by atoms with Crippen molar-refractivity contribution >= 4 is 22.9 Å². The Morgan fingerprint density at radius 1 is 1.53 bits per heavy atom. The van der Waals surface area contributed by atoms with Crippen LogP contribution >= 0.6 is 11.8 Å². The van der Waals surface area contributed by atoms with Gasteiger partial charge >= 0.3 is 5.97 Å². The third-order valence-corrected chi connectivity index (χ3v) is 3.84. The van der Waals surface area contributed by atoms with Crippen LogP contribution in [0.25, 0.3) is 0 Å². The fourth-order valence-corrected chi connectivity index (χ4v) is 2.63. The molecule has 5 heteroatoms. The van der Waals surface area contributed by atoms with E-state index >= 15 is 0 Å². The molecule has 0 spiro atoms. The van der Waals surface area contributed by atoms with Crippen molar-refractivity contribution in [3.63, 3.8) is 0 Å². The number of nitrogens with one attached hydrogen (secondary N) is 1. The van der Waals surface area contributed by atoms with Gasteiger partial charge in [0.15, 0.2) is 5.17 Å². The summed E-state index contributed by atoms with van der Waals surface area (Å²) in [6.07, 6.45) is 6.46. The molecule has 0 aromatic carbocycles. The fourth-order valence-electron chi connectivity index (χ4n) is 2.06. The Kier molecular flexibility index (Phi) is 6.40. The van der Waals surface area contributed by atoms with Crippen LogP contribution in [-0.2, 0) is 9.53 Å². The zero-order valence-electron chi connectivity index (χ0n) is 10.4. The Labute approximate surface area is 107 Å². The molecule has 0 aromatic heterocycles. The highest BCUT2D eigenvalue weighted by Crippen LogP contribution is 2.28. The van der Waals surface area contributed by atoms with Gasteiger partial charge in [0.05, 0.1) is 5.92 Å². The predicted octanol–water partition coefficient (Wildman–Crippen LogP) is 2.52. The highest BCUT2D eigenvalue weighted by atomic mass is 32.2. The summed E-state index contributed by atoms with van der Waals surface area (Å²) in [6.45, 7) is 2.18. The first-order chi connectivity index (χ1) is 8.13. The number of cyclic esters (lactones) is 1. The second-order valence-corrected chi connectivity index (χ2v) is 5.58. The molecule has 0 bridgehead atoms. The molecule has 0 saturated carbocycles. The maximum atomic E-state index is 11.6. The van der Waals surface area contributed by atoms with Crippen LogP contribution in [0, 0.1) is 11.3 Å². The molecule has 1 fully saturated rings. The van der Waals surface area contributed by atoms with Crippen LogP contribution in [0.15, 0.2) is 0 Å². The molecule has 3 N–H and O–H groups in total. The minimum atomic E-state index is -0.0596. The highest BCUT2D eigenvalue weighted by molar-refractivity contribution is 8.13. The topological polar surface area (TPSA) is 76.2 Å². The molecule has 98 valence electrons. The Hall–Kier alpha value is -0.710. The van der Waals surface area contributed by atoms with Gasteiger partial charge in [-0.15, -0.1) is 0 Å². The van der Waals surface area contributed by atoms with E-state index in [2.05, 4.69) is 6.92 Å². The van der Waals surface area contributed by atoms with Crippen molar-refractivity contribution in [1.82, 2.24) is 0 Å². The Balaban J connectivity index is 2.19. The smallest absolute Gasteiger partial charge is 0.309 e. The quantitative estimate of drug-likeness (QED) is 0.318. The predicted molar refractivity (Wildman–Crippen MR) is 71.1 cm³/mol. The largest absolute Gasteiger partial charge is 0.461 e. The average Bonchev–Trinajstić information content (AvgIpc) is 2.63. The zero-order valence-corrected chi connectivity index (χ0v) is 11.2. The lowest BCUT2D eigenvalue weighted by molar-refractivity contribution is -0.143. The second kappa shape index (κ2) is 7.58. The van der Waals surface area contributed by atoms with Crippen LogP contribution in [0.1, 0.15) is 45.4 Å². The molecular formula is C12H22N2O2S. The van der Waals surface area contributed by atoms with Crippen molar-refractivity contribution in [3.8, 4) is 0 Å². The van der Waals surface area contributed by atoms with E-state index in [1.807, 2.05) is 0 Å². The molecule has 17 heavy (non-hydrogen) atoms. The summed E-state index contributed by atoms with van der Waals surface area (Å²) >= 11 is 1.25. The number of rotatable bonds is 7. The summed E-state index contributed by atoms with van der Waals surface area (Å²) in [5.41, 5.74) is 5.26. The molecule has 0 amide bonds. The molecule has 1 aliphatic rings. The van der Waals surface area contributed by atoms with Crippen molar-refractivity contribution in [2.24, 2.45) is 11.7 Å². The Morgan fingerprint density at radius 3 is 2.94 bits per heavy atom. The molecule has 0 unspecified atom stereocenters. The summed E-state index contributed by atoms with van der Waals surface area (Å²) in [6, 6.07) is 0. The number of amidine groups is 1. The van der Waals surface area contributed by atoms with Crippen molar-refractivity contribution in [2.45, 2.75) is 51.6 Å². The van der Waals surface area contributed by atoms with E-state index in [9.17, 15) is 4.79 Å². The van der Waals surface area contributed by atoms with Crippen molar-refractivity contribution in [1.29, 1.82) is 5.41 Å². The number of carbonyl (C=O) groups is 1. The highest BCUT2D eigenvalue weighted by Gasteiger charge is 2.33. The van der Waals surface area contributed by atoms with Gasteiger partial charge in [0.1, 0.15) is 6.10 Å². The number of carbonyl (C=O) groups excluding carboxylic acids is 1. The number of hydrogen-bond acceptors (Lipinski definition) is 4. The standard InChI is InChI=1S/C12H22N2O2S/c1-2-3-4-5-6-9-7-10(16-11(9)15)8-17-12(13)14/h9-10H,2-8H2,1H3,(H3,13,14)/t9-,10+/m1/s1. The van der Waals surface area contributed by atoms with Gasteiger partial charge in [-0.1, -0.05) is 44.4 Å². The molecule has 2 atom stereocenters. The first-order valence-electron chi connectivity index (χ1n) is 6.30. The van der Waals surface area contributed by atoms with Crippen molar-refractivity contribution in [2.75, 3.05) is 5.75 Å². The minimum Gasteiger partial charge on any atom is -0.461 e. The number of unbranched alkanes of at least 4 members (excludes halogenated alkanes) is 3. The molecule has 1 rings (SSSR count). The van der Waals surface area contributed by atoms with Gasteiger partial charge in [-0.3, -0.25) is 10.2 Å². The first kappa shape index (κ1) is 14.4. The lowest BCUT2D eigenvalue weighted by atomic mass is 9.98. The monoisotopic (exact) mass is 258 g/mol. The van der Waals surface area contributed by atoms with E-state index in [-0.39, 0.29) is 23.2 Å². The van der Waals surface area contributed by atoms with Gasteiger partial charge in [0.25, 0.3) is 0 Å². The number of esters is 1. The number of hydrogen-bond donors (Lipinski definition) is 2. The van der Waals surface area contributed by atoms with Crippen molar-refractivity contribution < 1.29 is 9.53 Å². The summed E-state index contributed by atoms with van der Waals surface area (Å²) < 4.78 is 5.27. The normalized spacial score (nSPS) is 23.7. The first-order valence-corrected chi connectivity index (χ1v) is 7.29. The van der Waals surface area contributed by atoms with Gasteiger partial charge in [-0.25, -0.2) is 0 Å². The molecule has 0 radical (unpaired) electrons. The van der Waals surface area contributed by atoms with Crippen molar-refractivity contribution in [3.05, 3.63) is 0 Å². The zero-order chi connectivity index (χ0) is 12.7. The van der Waals surface area contributed by atoms with Gasteiger partial charge in [-0.2, -0.15) is 0 Å². The molecule has 1 saturated heterocycles. The SMILES string of the molecule is CCCCCC[C@@H]1C[C@@H](CSC(=N)N)OC1=O. The average molecular weight is 258 g/mol. The van der Waals surface area contributed by atoms with Gasteiger partial charge in [0, 0.05) is 5.75 Å². The Morgan fingerprint density at radius 2 is 2.29 bits per heavy atom. The fraction of sp³-hybridized carbons (Fsp3) is 0.833. The van der Waals surface area contributed by atoms with E-state index in [1.165, 1.54) is 31.0 Å². The molecule has 4 nitrogen and oxygen atoms in total. The molecule has 0 aromatic rings. The van der Waals surface area contributed by atoms with E-state index in [0.717, 1.165) is 19.3 Å². The lowest BCUT2D eigenvalue weighted by Crippen LogP contribution is -2.14. The molecule has 1 aliphatic heterocycles. The van der Waals surface area contributed by atoms with E-state index < -0.39 is 0 Å². The Bertz CT molecular complexity index is 271. The molecule has 0 aliphatic carbocycles. The maximum absolute atomic E-state index is 11.6. The van der Waals surface area contributed by atoms with Gasteiger partial charge in [-0.05, 0) is 12.8 Å². The van der Waals surface area contributed by atoms with E-state index in [0.29, 0.717) is 5.75 Å². The number of thioether (sulfide) groups is 1. The van der Waals surface area contributed by atoms with Gasteiger partial charge < -0.3 is 10.5 Å². The number of nitrogens with two attached hydrogens (primary N) is 1. The van der Waals surface area contributed by atoms with Crippen LogP contribution in [0.4, 0.5) is 0 Å². The summed E-state index contributed by atoms with van der Waals surface area (Å²) in [5, 5.41) is 7.21. The second-order valence-electron chi connectivity index (χ2n) is 4.52. The summed E-state index contributed by atoms with van der Waals surface area (Å²) in [4.78, 5) is 11.6. The molecular weight excluding hydrogens is 236 g/mol. The van der Waals surface area contributed by atoms with Crippen LogP contribution < -0.4 is 5.73 Å². The van der Waals surface area contributed by atoms with E-state index in [4.69, 9.17) is 15.9 Å². The third kappa shape index (κ3) is 5.44. The minimum absolute atomic E-state index is 0.0485. The van der Waals surface area contributed by atoms with Crippen LogP contribution in [0.2, 0.25) is 0 Å². The van der Waals surface area contributed by atoms with Crippen LogP contribution in [-0.4, -0.2) is 23.0 Å². The summed E-state index contributed by atoms with van der Waals surface area (Å²) in [7, 11) is 0. The van der Waals surface area contributed by atoms with Crippen LogP contribution in [0.5, 0.6) is 0 Å². The number of ether oxygens (including phenoxy) is 1. The van der Waals surface area contributed by atoms with E-state index in [1.54, 1.807) is 0 Å². The summed E-state index contributed by atoms with van der Waals surface area (Å²) in [5.74, 6) is 0.632.